The lowest BCUT2D eigenvalue weighted by Gasteiger charge is -2.19. The molecular weight excluding hydrogens is 462 g/mol. The summed E-state index contributed by atoms with van der Waals surface area (Å²) in [6.45, 7) is 10.00. The summed E-state index contributed by atoms with van der Waals surface area (Å²) in [6, 6.07) is 25.6. The maximum absolute atomic E-state index is 12.5. The number of amides is 1. The Labute approximate surface area is 219 Å². The van der Waals surface area contributed by atoms with Crippen molar-refractivity contribution in [2.45, 2.75) is 58.5 Å². The molecule has 0 fully saturated rings. The highest BCUT2D eigenvalue weighted by molar-refractivity contribution is 5.79. The average molecular weight is 500 g/mol. The number of carbonyl (C=O) groups is 1. The van der Waals surface area contributed by atoms with Crippen LogP contribution in [0.5, 0.6) is 11.5 Å². The number of aryl methyl sites for hydroxylation is 1. The molecule has 1 amide bonds. The standard InChI is InChI=1S/C31H37N3O3/c1-23(32-29(35)22-37-25-12-6-5-7-13-25)30-33-27-14-8-9-15-28(27)34(30)20-10-11-21-36-26-18-16-24(17-19-26)31(2,3)4/h5-9,12-19,23H,10-11,20-22H2,1-4H3,(H,32,35). The van der Waals surface area contributed by atoms with Gasteiger partial charge in [0.05, 0.1) is 23.7 Å². The summed E-state index contributed by atoms with van der Waals surface area (Å²) in [5.41, 5.74) is 3.43. The predicted octanol–water partition coefficient (Wildman–Crippen LogP) is 6.45. The van der Waals surface area contributed by atoms with Gasteiger partial charge in [-0.05, 0) is 67.1 Å². The molecule has 1 unspecified atom stereocenters. The molecule has 0 aliphatic carbocycles. The number of fused-ring (bicyclic) bond motifs is 1. The molecule has 194 valence electrons. The molecule has 0 aliphatic rings. The summed E-state index contributed by atoms with van der Waals surface area (Å²) < 4.78 is 13.8. The Balaban J connectivity index is 1.32. The highest BCUT2D eigenvalue weighted by Crippen LogP contribution is 2.25. The molecule has 0 bridgehead atoms. The van der Waals surface area contributed by atoms with E-state index in [1.165, 1.54) is 5.56 Å². The predicted molar refractivity (Wildman–Crippen MR) is 148 cm³/mol. The minimum absolute atomic E-state index is 0.0390. The topological polar surface area (TPSA) is 65.4 Å². The molecule has 0 saturated carbocycles. The summed E-state index contributed by atoms with van der Waals surface area (Å²) in [5.74, 6) is 2.23. The number of ether oxygens (including phenoxy) is 2. The van der Waals surface area contributed by atoms with Gasteiger partial charge in [-0.2, -0.15) is 0 Å². The first-order chi connectivity index (χ1) is 17.8. The summed E-state index contributed by atoms with van der Waals surface area (Å²) in [6.07, 6.45) is 1.85. The fourth-order valence-corrected chi connectivity index (χ4v) is 4.29. The Bertz CT molecular complexity index is 1290. The van der Waals surface area contributed by atoms with Crippen LogP contribution >= 0.6 is 0 Å². The highest BCUT2D eigenvalue weighted by Gasteiger charge is 2.18. The molecule has 4 aromatic rings. The maximum atomic E-state index is 12.5. The minimum Gasteiger partial charge on any atom is -0.494 e. The van der Waals surface area contributed by atoms with E-state index in [1.807, 2.05) is 67.6 Å². The van der Waals surface area contributed by atoms with Gasteiger partial charge in [0.25, 0.3) is 5.91 Å². The van der Waals surface area contributed by atoms with Crippen LogP contribution in [-0.2, 0) is 16.8 Å². The van der Waals surface area contributed by atoms with Crippen molar-refractivity contribution in [2.24, 2.45) is 0 Å². The number of nitrogens with zero attached hydrogens (tertiary/aromatic N) is 2. The number of hydrogen-bond donors (Lipinski definition) is 1. The first-order valence-corrected chi connectivity index (χ1v) is 13.0. The number of carbonyl (C=O) groups excluding carboxylic acids is 1. The zero-order chi connectivity index (χ0) is 26.3. The second-order valence-corrected chi connectivity index (χ2v) is 10.3. The fourth-order valence-electron chi connectivity index (χ4n) is 4.29. The number of benzene rings is 3. The first-order valence-electron chi connectivity index (χ1n) is 13.0. The zero-order valence-corrected chi connectivity index (χ0v) is 22.2. The summed E-state index contributed by atoms with van der Waals surface area (Å²) >= 11 is 0. The van der Waals surface area contributed by atoms with E-state index in [9.17, 15) is 4.79 Å². The van der Waals surface area contributed by atoms with Crippen LogP contribution in [0.15, 0.2) is 78.9 Å². The Morgan fingerprint density at radius 2 is 1.57 bits per heavy atom. The van der Waals surface area contributed by atoms with Gasteiger partial charge in [-0.15, -0.1) is 0 Å². The van der Waals surface area contributed by atoms with Gasteiger partial charge in [0, 0.05) is 6.54 Å². The van der Waals surface area contributed by atoms with Gasteiger partial charge in [0.15, 0.2) is 6.61 Å². The van der Waals surface area contributed by atoms with E-state index < -0.39 is 0 Å². The molecule has 0 spiro atoms. The lowest BCUT2D eigenvalue weighted by Crippen LogP contribution is -2.32. The molecule has 1 aromatic heterocycles. The molecule has 1 atom stereocenters. The van der Waals surface area contributed by atoms with Crippen molar-refractivity contribution in [3.63, 3.8) is 0 Å². The van der Waals surface area contributed by atoms with Crippen molar-refractivity contribution in [1.82, 2.24) is 14.9 Å². The van der Waals surface area contributed by atoms with Gasteiger partial charge >= 0.3 is 0 Å². The number of hydrogen-bond acceptors (Lipinski definition) is 4. The quantitative estimate of drug-likeness (QED) is 0.241. The van der Waals surface area contributed by atoms with E-state index in [0.717, 1.165) is 42.0 Å². The summed E-state index contributed by atoms with van der Waals surface area (Å²) in [7, 11) is 0. The highest BCUT2D eigenvalue weighted by atomic mass is 16.5. The van der Waals surface area contributed by atoms with E-state index in [4.69, 9.17) is 14.5 Å². The Morgan fingerprint density at radius 3 is 2.30 bits per heavy atom. The van der Waals surface area contributed by atoms with E-state index in [-0.39, 0.29) is 24.0 Å². The number of para-hydroxylation sites is 3. The van der Waals surface area contributed by atoms with Gasteiger partial charge in [0.1, 0.15) is 17.3 Å². The van der Waals surface area contributed by atoms with Crippen LogP contribution in [0.1, 0.15) is 58.0 Å². The number of rotatable bonds is 11. The molecule has 1 N–H and O–H groups in total. The summed E-state index contributed by atoms with van der Waals surface area (Å²) in [4.78, 5) is 17.4. The molecule has 6 heteroatoms. The minimum atomic E-state index is -0.253. The van der Waals surface area contributed by atoms with E-state index in [2.05, 4.69) is 48.9 Å². The van der Waals surface area contributed by atoms with Crippen molar-refractivity contribution >= 4 is 16.9 Å². The third-order valence-electron chi connectivity index (χ3n) is 6.33. The fraction of sp³-hybridized carbons (Fsp3) is 0.355. The van der Waals surface area contributed by atoms with Crippen molar-refractivity contribution < 1.29 is 14.3 Å². The number of unbranched alkanes of at least 4 members (excludes halogenated alkanes) is 1. The van der Waals surface area contributed by atoms with Crippen LogP contribution in [-0.4, -0.2) is 28.7 Å². The lowest BCUT2D eigenvalue weighted by molar-refractivity contribution is -0.123. The van der Waals surface area contributed by atoms with Crippen LogP contribution in [0.3, 0.4) is 0 Å². The molecule has 3 aromatic carbocycles. The van der Waals surface area contributed by atoms with Crippen LogP contribution in [0, 0.1) is 0 Å². The first kappa shape index (κ1) is 26.3. The Kier molecular flexibility index (Phi) is 8.49. The van der Waals surface area contributed by atoms with Crippen molar-refractivity contribution in [3.8, 4) is 11.5 Å². The molecule has 0 radical (unpaired) electrons. The van der Waals surface area contributed by atoms with Crippen LogP contribution < -0.4 is 14.8 Å². The van der Waals surface area contributed by atoms with Crippen LogP contribution in [0.2, 0.25) is 0 Å². The number of imidazole rings is 1. The second-order valence-electron chi connectivity index (χ2n) is 10.3. The van der Waals surface area contributed by atoms with Gasteiger partial charge < -0.3 is 19.4 Å². The lowest BCUT2D eigenvalue weighted by atomic mass is 9.87. The van der Waals surface area contributed by atoms with E-state index in [0.29, 0.717) is 12.4 Å². The second kappa shape index (κ2) is 12.0. The maximum Gasteiger partial charge on any atom is 0.258 e. The third kappa shape index (κ3) is 7.13. The molecule has 37 heavy (non-hydrogen) atoms. The Hall–Kier alpha value is -3.80. The number of aromatic nitrogens is 2. The van der Waals surface area contributed by atoms with Crippen molar-refractivity contribution in [3.05, 3.63) is 90.3 Å². The van der Waals surface area contributed by atoms with Gasteiger partial charge in [-0.1, -0.05) is 63.2 Å². The van der Waals surface area contributed by atoms with Crippen molar-refractivity contribution in [1.29, 1.82) is 0 Å². The van der Waals surface area contributed by atoms with Crippen LogP contribution in [0.4, 0.5) is 0 Å². The molecular formula is C31H37N3O3. The zero-order valence-electron chi connectivity index (χ0n) is 22.2. The molecule has 0 saturated heterocycles. The summed E-state index contributed by atoms with van der Waals surface area (Å²) in [5, 5.41) is 3.03. The smallest absolute Gasteiger partial charge is 0.258 e. The number of nitrogens with one attached hydrogen (secondary N) is 1. The largest absolute Gasteiger partial charge is 0.494 e. The average Bonchev–Trinajstić information content (AvgIpc) is 3.26. The van der Waals surface area contributed by atoms with Crippen LogP contribution in [0.25, 0.3) is 11.0 Å². The van der Waals surface area contributed by atoms with Crippen molar-refractivity contribution in [2.75, 3.05) is 13.2 Å². The third-order valence-corrected chi connectivity index (χ3v) is 6.33. The van der Waals surface area contributed by atoms with Gasteiger partial charge in [-0.3, -0.25) is 4.79 Å². The molecule has 0 aliphatic heterocycles. The Morgan fingerprint density at radius 1 is 0.892 bits per heavy atom. The molecule has 1 heterocycles. The normalized spacial score (nSPS) is 12.3. The van der Waals surface area contributed by atoms with E-state index in [1.54, 1.807) is 0 Å². The molecule has 6 nitrogen and oxygen atoms in total. The monoisotopic (exact) mass is 499 g/mol. The van der Waals surface area contributed by atoms with E-state index >= 15 is 0 Å². The van der Waals surface area contributed by atoms with Gasteiger partial charge in [-0.25, -0.2) is 4.98 Å². The SMILES string of the molecule is CC(NC(=O)COc1ccccc1)c1nc2ccccc2n1CCCCOc1ccc(C(C)(C)C)cc1. The molecule has 4 rings (SSSR count). The van der Waals surface area contributed by atoms with Gasteiger partial charge in [0.2, 0.25) is 0 Å².